The second-order valence-corrected chi connectivity index (χ2v) is 28.1. The summed E-state index contributed by atoms with van der Waals surface area (Å²) in [7, 11) is -9.12. The van der Waals surface area contributed by atoms with E-state index < -0.39 is 104 Å². The van der Waals surface area contributed by atoms with Crippen LogP contribution in [-0.4, -0.2) is 116 Å². The molecule has 3 aromatic rings. The Hall–Kier alpha value is -3.09. The van der Waals surface area contributed by atoms with Crippen LogP contribution in [0.5, 0.6) is 0 Å². The first-order chi connectivity index (χ1) is 47.3. The third-order valence-corrected chi connectivity index (χ3v) is 18.1. The van der Waals surface area contributed by atoms with Crippen molar-refractivity contribution in [1.82, 2.24) is 9.97 Å². The van der Waals surface area contributed by atoms with Crippen LogP contribution in [0.3, 0.4) is 0 Å². The normalized spacial score (nSPS) is 13.2. The molecule has 3 N–H and O–H groups in total. The molecule has 0 radical (unpaired) electrons. The Morgan fingerprint density at radius 2 is 0.780 bits per heavy atom. The number of aliphatic hydroxyl groups is 1. The Bertz CT molecular complexity index is 2590. The van der Waals surface area contributed by atoms with Gasteiger partial charge in [-0.15, -0.1) is 0 Å². The standard InChI is InChI=1S/C57H110O17P2.C16H13N3O3.2Na/c1-5-9-13-17-21-25-29-33-37-41-54(59)67-47-52(73-56(61)43-39-35-31-27-23-19-15-11-7-3)49-71-75(63,64)69-45-51(58)46-70-76(65,66)72-50-53(74-57(62)44-40-36-32-28-24-20-16-12-8-4)48-68-55(60)42-38-34-30-26-22-18-14-10-6-2;1-22-16(21)19-15-17-12-8-7-11(9-13(12)18-15)14(20)10-5-3-2-4-6-10;;/h51-53,58H,5-50H2,1-4H3,(H,63,64)(H,65,66);2-9H,1H3,(H2,17,18,19,21);;/q;;2*+1/p-2. The van der Waals surface area contributed by atoms with Crippen LogP contribution in [-0.2, 0) is 70.1 Å². The maximum atomic E-state index is 12.8. The summed E-state index contributed by atoms with van der Waals surface area (Å²) in [5.74, 6) is -2.04. The van der Waals surface area contributed by atoms with Crippen LogP contribution >= 0.6 is 15.6 Å². The molecule has 4 atom stereocenters. The van der Waals surface area contributed by atoms with Gasteiger partial charge in [0.05, 0.1) is 44.6 Å². The number of esters is 4. The number of fused-ring (bicyclic) bond motifs is 1. The Morgan fingerprint density at radius 1 is 0.450 bits per heavy atom. The summed E-state index contributed by atoms with van der Waals surface area (Å²) in [6.45, 7) is 4.36. The molecule has 0 aliphatic heterocycles. The number of nitrogens with zero attached hydrogens (tertiary/aromatic N) is 1. The van der Waals surface area contributed by atoms with Crippen molar-refractivity contribution in [3.63, 3.8) is 0 Å². The van der Waals surface area contributed by atoms with E-state index in [1.807, 2.05) is 18.2 Å². The fourth-order valence-electron chi connectivity index (χ4n) is 10.5. The molecular formula is C73H121N3Na2O20P2. The zero-order chi connectivity index (χ0) is 71.8. The van der Waals surface area contributed by atoms with Crippen molar-refractivity contribution in [2.24, 2.45) is 0 Å². The van der Waals surface area contributed by atoms with Crippen molar-refractivity contribution < 1.29 is 154 Å². The number of aromatic amines is 1. The summed E-state index contributed by atoms with van der Waals surface area (Å²) < 4.78 is 71.2. The molecular weight excluding hydrogens is 1350 g/mol. The number of anilines is 1. The Kier molecular flexibility index (Phi) is 61.3. The number of H-pyrrole nitrogens is 1. The van der Waals surface area contributed by atoms with Gasteiger partial charge in [-0.25, -0.2) is 9.78 Å². The van der Waals surface area contributed by atoms with Crippen molar-refractivity contribution in [1.29, 1.82) is 0 Å². The van der Waals surface area contributed by atoms with E-state index in [2.05, 4.69) is 47.7 Å². The molecule has 27 heteroatoms. The molecule has 2 aromatic carbocycles. The second-order valence-electron chi connectivity index (χ2n) is 25.3. The number of hydrogen-bond donors (Lipinski definition) is 3. The van der Waals surface area contributed by atoms with Gasteiger partial charge in [-0.1, -0.05) is 263 Å². The van der Waals surface area contributed by atoms with E-state index in [-0.39, 0.29) is 96.5 Å². The Morgan fingerprint density at radius 3 is 1.13 bits per heavy atom. The Labute approximate surface area is 641 Å². The van der Waals surface area contributed by atoms with Gasteiger partial charge in [0.15, 0.2) is 18.0 Å². The van der Waals surface area contributed by atoms with E-state index in [0.29, 0.717) is 47.8 Å². The minimum atomic E-state index is -5.20. The molecule has 0 saturated carbocycles. The van der Waals surface area contributed by atoms with Crippen molar-refractivity contribution in [2.75, 3.05) is 52.1 Å². The number of unbranched alkanes of at least 4 members (excludes halogenated alkanes) is 32. The number of nitrogens with one attached hydrogen (secondary N) is 2. The smallest absolute Gasteiger partial charge is 0.756 e. The summed E-state index contributed by atoms with van der Waals surface area (Å²) in [6.07, 6.45) is 33.6. The average molecular weight is 1470 g/mol. The van der Waals surface area contributed by atoms with Gasteiger partial charge in [0.25, 0.3) is 15.6 Å². The first-order valence-corrected chi connectivity index (χ1v) is 39.8. The molecule has 23 nitrogen and oxygen atoms in total. The average Bonchev–Trinajstić information content (AvgIpc) is 1.65. The van der Waals surface area contributed by atoms with Crippen LogP contribution < -0.4 is 74.2 Å². The predicted molar refractivity (Wildman–Crippen MR) is 376 cm³/mol. The molecule has 0 aliphatic carbocycles. The monoisotopic (exact) mass is 1470 g/mol. The van der Waals surface area contributed by atoms with Gasteiger partial charge in [-0.2, -0.15) is 0 Å². The van der Waals surface area contributed by atoms with Gasteiger partial charge in [0.1, 0.15) is 19.3 Å². The number of aromatic nitrogens is 2. The van der Waals surface area contributed by atoms with E-state index >= 15 is 0 Å². The molecule has 1 amide bonds. The topological polar surface area (TPSA) is 327 Å². The van der Waals surface area contributed by atoms with Crippen LogP contribution in [0.2, 0.25) is 0 Å². The van der Waals surface area contributed by atoms with Gasteiger partial charge in [-0.3, -0.25) is 38.4 Å². The minimum Gasteiger partial charge on any atom is -0.756 e. The number of benzene rings is 2. The second kappa shape index (κ2) is 63.2. The number of ketones is 1. The minimum absolute atomic E-state index is 0. The van der Waals surface area contributed by atoms with Crippen LogP contribution in [0, 0.1) is 0 Å². The number of imidazole rings is 1. The number of aliphatic hydroxyl groups excluding tert-OH is 1. The SMILES string of the molecule is CCCCCCCCCCCC(=O)OCC(COP(=O)([O-])OCC(O)COP(=O)([O-])OCC(COC(=O)CCCCCCCCCCC)OC(=O)CCCCCCCCCCC)OC(=O)CCCCCCCCCCC.COC(=O)Nc1nc2ccc(C(=O)c3ccccc3)cc2[nH]1.[Na+].[Na+]. The first-order valence-electron chi connectivity index (χ1n) is 36.9. The van der Waals surface area contributed by atoms with E-state index in [4.69, 9.17) is 37.0 Å². The zero-order valence-corrected chi connectivity index (χ0v) is 67.7. The fraction of sp³-hybridized carbons (Fsp3) is 0.740. The molecule has 0 aliphatic rings. The molecule has 0 fully saturated rings. The summed E-state index contributed by atoms with van der Waals surface area (Å²) in [5.41, 5.74) is 2.48. The number of methoxy groups -OCH3 is 1. The van der Waals surface area contributed by atoms with Crippen LogP contribution in [0.15, 0.2) is 48.5 Å². The van der Waals surface area contributed by atoms with Gasteiger partial charge in [-0.05, 0) is 43.9 Å². The number of ether oxygens (including phenoxy) is 5. The largest absolute Gasteiger partial charge is 1.00 e. The maximum absolute atomic E-state index is 12.8. The third kappa shape index (κ3) is 52.8. The predicted octanol–water partition coefficient (Wildman–Crippen LogP) is 10.9. The number of amides is 1. The summed E-state index contributed by atoms with van der Waals surface area (Å²) in [4.78, 5) is 107. The molecule has 4 unspecified atom stereocenters. The molecule has 0 spiro atoms. The van der Waals surface area contributed by atoms with Crippen LogP contribution in [0.4, 0.5) is 10.7 Å². The molecule has 0 bridgehead atoms. The Balaban J connectivity index is 0.00000340. The molecule has 3 rings (SSSR count). The van der Waals surface area contributed by atoms with Crippen LogP contribution in [0.1, 0.15) is 300 Å². The molecule has 560 valence electrons. The number of carbonyl (C=O) groups excluding carboxylic acids is 6. The number of phosphoric acid groups is 2. The van der Waals surface area contributed by atoms with Crippen molar-refractivity contribution >= 4 is 68.4 Å². The van der Waals surface area contributed by atoms with Crippen molar-refractivity contribution in [3.05, 3.63) is 59.7 Å². The number of hydrogen-bond acceptors (Lipinski definition) is 21. The van der Waals surface area contributed by atoms with Gasteiger partial charge in [0, 0.05) is 36.8 Å². The van der Waals surface area contributed by atoms with Gasteiger partial charge >= 0.3 is 89.1 Å². The maximum Gasteiger partial charge on any atom is 1.00 e. The van der Waals surface area contributed by atoms with E-state index in [9.17, 15) is 52.8 Å². The summed E-state index contributed by atoms with van der Waals surface area (Å²) in [6, 6.07) is 14.2. The number of carbonyl (C=O) groups is 6. The molecule has 1 aromatic heterocycles. The van der Waals surface area contributed by atoms with E-state index in [0.717, 1.165) is 103 Å². The molecule has 100 heavy (non-hydrogen) atoms. The van der Waals surface area contributed by atoms with E-state index in [1.54, 1.807) is 30.3 Å². The third-order valence-electron chi connectivity index (χ3n) is 16.3. The van der Waals surface area contributed by atoms with Crippen LogP contribution in [0.25, 0.3) is 11.0 Å². The van der Waals surface area contributed by atoms with Gasteiger partial charge < -0.3 is 61.7 Å². The zero-order valence-electron chi connectivity index (χ0n) is 61.9. The fourth-order valence-corrected chi connectivity index (χ4v) is 12.1. The summed E-state index contributed by atoms with van der Waals surface area (Å²) in [5, 5.41) is 12.9. The molecule has 1 heterocycles. The van der Waals surface area contributed by atoms with E-state index in [1.165, 1.54) is 110 Å². The van der Waals surface area contributed by atoms with Crippen molar-refractivity contribution in [2.45, 2.75) is 303 Å². The van der Waals surface area contributed by atoms with Gasteiger partial charge in [0.2, 0.25) is 5.95 Å². The molecule has 0 saturated heterocycles. The number of rotatable bonds is 61. The summed E-state index contributed by atoms with van der Waals surface area (Å²) >= 11 is 0. The quantitative estimate of drug-likeness (QED) is 0.0118. The van der Waals surface area contributed by atoms with Crippen molar-refractivity contribution in [3.8, 4) is 0 Å². The number of phosphoric ester groups is 2. The first kappa shape index (κ1) is 96.9.